The highest BCUT2D eigenvalue weighted by molar-refractivity contribution is 7.80. The van der Waals surface area contributed by atoms with Gasteiger partial charge in [-0.2, -0.15) is 0 Å². The number of para-hydroxylation sites is 2. The number of rotatable bonds is 9. The Kier molecular flexibility index (Phi) is 8.38. The third-order valence-electron chi connectivity index (χ3n) is 3.46. The first-order chi connectivity index (χ1) is 13.1. The van der Waals surface area contributed by atoms with E-state index >= 15 is 0 Å². The molecule has 0 aliphatic rings. The molecule has 3 N–H and O–H groups in total. The molecule has 0 aliphatic heterocycles. The van der Waals surface area contributed by atoms with Crippen LogP contribution in [-0.2, 0) is 4.79 Å². The van der Waals surface area contributed by atoms with Gasteiger partial charge in [-0.05, 0) is 49.8 Å². The third kappa shape index (κ3) is 7.53. The molecule has 7 heteroatoms. The summed E-state index contributed by atoms with van der Waals surface area (Å²) in [6.45, 7) is 5.23. The Hall–Kier alpha value is -2.80. The van der Waals surface area contributed by atoms with Crippen molar-refractivity contribution < 1.29 is 14.3 Å². The van der Waals surface area contributed by atoms with Crippen molar-refractivity contribution in [2.24, 2.45) is 0 Å². The summed E-state index contributed by atoms with van der Waals surface area (Å²) in [7, 11) is 0. The summed E-state index contributed by atoms with van der Waals surface area (Å²) in [5, 5.41) is 9.56. The maximum atomic E-state index is 11.1. The van der Waals surface area contributed by atoms with E-state index in [1.165, 1.54) is 6.92 Å². The normalized spacial score (nSPS) is 10.0. The lowest BCUT2D eigenvalue weighted by molar-refractivity contribution is -0.114. The predicted octanol–water partition coefficient (Wildman–Crippen LogP) is 3.80. The zero-order valence-electron chi connectivity index (χ0n) is 15.6. The number of thiocarbonyl (C=S) groups is 1. The molecule has 2 aromatic rings. The van der Waals surface area contributed by atoms with Crippen LogP contribution in [0, 0.1) is 0 Å². The zero-order valence-corrected chi connectivity index (χ0v) is 16.4. The lowest BCUT2D eigenvalue weighted by Gasteiger charge is -2.14. The Morgan fingerprint density at radius 2 is 1.89 bits per heavy atom. The fourth-order valence-corrected chi connectivity index (χ4v) is 2.56. The lowest BCUT2D eigenvalue weighted by Crippen LogP contribution is -2.30. The highest BCUT2D eigenvalue weighted by Gasteiger charge is 2.04. The van der Waals surface area contributed by atoms with Gasteiger partial charge >= 0.3 is 0 Å². The topological polar surface area (TPSA) is 71.6 Å². The van der Waals surface area contributed by atoms with Gasteiger partial charge in [0.1, 0.15) is 11.5 Å². The average Bonchev–Trinajstić information content (AvgIpc) is 2.63. The van der Waals surface area contributed by atoms with E-state index in [4.69, 9.17) is 21.7 Å². The Morgan fingerprint density at radius 3 is 2.67 bits per heavy atom. The summed E-state index contributed by atoms with van der Waals surface area (Å²) in [6.07, 6.45) is 0.777. The number of carbonyl (C=O) groups is 1. The van der Waals surface area contributed by atoms with Crippen molar-refractivity contribution in [1.29, 1.82) is 0 Å². The molecule has 0 unspecified atom stereocenters. The Morgan fingerprint density at radius 1 is 1.07 bits per heavy atom. The van der Waals surface area contributed by atoms with Crippen LogP contribution in [-0.4, -0.2) is 30.8 Å². The molecule has 6 nitrogen and oxygen atoms in total. The van der Waals surface area contributed by atoms with E-state index in [1.54, 1.807) is 6.07 Å². The number of hydrogen-bond acceptors (Lipinski definition) is 4. The summed E-state index contributed by atoms with van der Waals surface area (Å²) in [5.74, 6) is 1.38. The maximum Gasteiger partial charge on any atom is 0.221 e. The number of nitrogens with one attached hydrogen (secondary N) is 3. The van der Waals surface area contributed by atoms with Crippen LogP contribution in [0.25, 0.3) is 0 Å². The molecule has 0 heterocycles. The van der Waals surface area contributed by atoms with E-state index in [0.717, 1.165) is 23.5 Å². The molecule has 0 aromatic heterocycles. The average molecular weight is 388 g/mol. The van der Waals surface area contributed by atoms with Crippen molar-refractivity contribution in [2.45, 2.75) is 20.3 Å². The number of benzene rings is 2. The molecule has 0 saturated carbocycles. The monoisotopic (exact) mass is 387 g/mol. The number of carbonyl (C=O) groups excluding carboxylic acids is 1. The summed E-state index contributed by atoms with van der Waals surface area (Å²) < 4.78 is 11.3. The second-order valence-electron chi connectivity index (χ2n) is 5.72. The number of amides is 1. The highest BCUT2D eigenvalue weighted by atomic mass is 32.1. The molecular weight excluding hydrogens is 362 g/mol. The number of ether oxygens (including phenoxy) is 2. The van der Waals surface area contributed by atoms with Crippen LogP contribution in [0.4, 0.5) is 11.4 Å². The zero-order chi connectivity index (χ0) is 19.5. The van der Waals surface area contributed by atoms with Crippen LogP contribution < -0.4 is 25.4 Å². The second-order valence-corrected chi connectivity index (χ2v) is 6.13. The van der Waals surface area contributed by atoms with Crippen LogP contribution >= 0.6 is 12.2 Å². The minimum Gasteiger partial charge on any atom is -0.493 e. The van der Waals surface area contributed by atoms with Gasteiger partial charge in [0.2, 0.25) is 5.91 Å². The standard InChI is InChI=1S/C20H25N3O3S/c1-3-25-19-11-5-4-10-18(19)23-20(27)21-12-7-13-26-17-9-6-8-16(14-17)22-15(2)24/h4-6,8-11,14H,3,7,12-13H2,1-2H3,(H,22,24)(H2,21,23,27). The molecule has 0 radical (unpaired) electrons. The van der Waals surface area contributed by atoms with E-state index < -0.39 is 0 Å². The van der Waals surface area contributed by atoms with E-state index in [0.29, 0.717) is 30.6 Å². The SMILES string of the molecule is CCOc1ccccc1NC(=S)NCCCOc1cccc(NC(C)=O)c1. The Balaban J connectivity index is 1.70. The van der Waals surface area contributed by atoms with E-state index in [9.17, 15) is 4.79 Å². The molecule has 0 spiro atoms. The van der Waals surface area contributed by atoms with Crippen LogP contribution in [0.15, 0.2) is 48.5 Å². The lowest BCUT2D eigenvalue weighted by atomic mass is 10.3. The van der Waals surface area contributed by atoms with Gasteiger partial charge in [0.25, 0.3) is 0 Å². The molecule has 2 rings (SSSR count). The number of hydrogen-bond donors (Lipinski definition) is 3. The first-order valence-electron chi connectivity index (χ1n) is 8.85. The van der Waals surface area contributed by atoms with Crippen LogP contribution in [0.5, 0.6) is 11.5 Å². The van der Waals surface area contributed by atoms with Gasteiger partial charge in [0.15, 0.2) is 5.11 Å². The fourth-order valence-electron chi connectivity index (χ4n) is 2.35. The van der Waals surface area contributed by atoms with E-state index in [-0.39, 0.29) is 5.91 Å². The summed E-state index contributed by atoms with van der Waals surface area (Å²) in [5.41, 5.74) is 1.55. The summed E-state index contributed by atoms with van der Waals surface area (Å²) in [6, 6.07) is 15.0. The largest absolute Gasteiger partial charge is 0.493 e. The predicted molar refractivity (Wildman–Crippen MR) is 113 cm³/mol. The van der Waals surface area contributed by atoms with Crippen molar-refractivity contribution in [2.75, 3.05) is 30.4 Å². The smallest absolute Gasteiger partial charge is 0.221 e. The molecule has 0 saturated heterocycles. The van der Waals surface area contributed by atoms with E-state index in [2.05, 4.69) is 16.0 Å². The van der Waals surface area contributed by atoms with Gasteiger partial charge in [-0.1, -0.05) is 18.2 Å². The van der Waals surface area contributed by atoms with Gasteiger partial charge in [0, 0.05) is 25.2 Å². The molecule has 1 amide bonds. The van der Waals surface area contributed by atoms with Gasteiger partial charge in [-0.15, -0.1) is 0 Å². The maximum absolute atomic E-state index is 11.1. The van der Waals surface area contributed by atoms with Gasteiger partial charge in [0.05, 0.1) is 18.9 Å². The summed E-state index contributed by atoms with van der Waals surface area (Å²) in [4.78, 5) is 11.1. The van der Waals surface area contributed by atoms with Crippen molar-refractivity contribution in [3.63, 3.8) is 0 Å². The molecular formula is C20H25N3O3S. The first-order valence-corrected chi connectivity index (χ1v) is 9.26. The Labute approximate surface area is 165 Å². The fraction of sp³-hybridized carbons (Fsp3) is 0.300. The molecule has 0 aliphatic carbocycles. The minimum absolute atomic E-state index is 0.108. The highest BCUT2D eigenvalue weighted by Crippen LogP contribution is 2.23. The van der Waals surface area contributed by atoms with Crippen LogP contribution in [0.2, 0.25) is 0 Å². The van der Waals surface area contributed by atoms with Crippen molar-refractivity contribution in [1.82, 2.24) is 5.32 Å². The molecule has 2 aromatic carbocycles. The quantitative estimate of drug-likeness (QED) is 0.449. The molecule has 0 fully saturated rings. The molecule has 144 valence electrons. The van der Waals surface area contributed by atoms with E-state index in [1.807, 2.05) is 49.4 Å². The summed E-state index contributed by atoms with van der Waals surface area (Å²) >= 11 is 5.32. The van der Waals surface area contributed by atoms with Crippen molar-refractivity contribution in [3.05, 3.63) is 48.5 Å². The molecule has 0 bridgehead atoms. The molecule has 27 heavy (non-hydrogen) atoms. The van der Waals surface area contributed by atoms with Crippen LogP contribution in [0.1, 0.15) is 20.3 Å². The third-order valence-corrected chi connectivity index (χ3v) is 3.71. The Bertz CT molecular complexity index is 768. The van der Waals surface area contributed by atoms with Crippen molar-refractivity contribution >= 4 is 34.6 Å². The van der Waals surface area contributed by atoms with Crippen molar-refractivity contribution in [3.8, 4) is 11.5 Å². The van der Waals surface area contributed by atoms with Gasteiger partial charge in [-0.3, -0.25) is 4.79 Å². The number of anilines is 2. The minimum atomic E-state index is -0.108. The molecule has 0 atom stereocenters. The van der Waals surface area contributed by atoms with Crippen LogP contribution in [0.3, 0.4) is 0 Å². The van der Waals surface area contributed by atoms with Gasteiger partial charge in [-0.25, -0.2) is 0 Å². The first kappa shape index (κ1) is 20.5. The second kappa shape index (κ2) is 11.0. The van der Waals surface area contributed by atoms with Gasteiger partial charge < -0.3 is 25.4 Å².